The van der Waals surface area contributed by atoms with Crippen LogP contribution in [0.2, 0.25) is 0 Å². The Morgan fingerprint density at radius 2 is 1.86 bits per heavy atom. The van der Waals surface area contributed by atoms with Crippen LogP contribution in [0.4, 0.5) is 4.79 Å². The van der Waals surface area contributed by atoms with Gasteiger partial charge in [-0.15, -0.1) is 0 Å². The van der Waals surface area contributed by atoms with E-state index in [-0.39, 0.29) is 29.0 Å². The summed E-state index contributed by atoms with van der Waals surface area (Å²) in [4.78, 5) is 21.5. The lowest BCUT2D eigenvalue weighted by atomic mass is 9.42. The number of ether oxygens (including phenoxy) is 2. The molecule has 5 atom stereocenters. The van der Waals surface area contributed by atoms with E-state index in [1.54, 1.807) is 7.11 Å². The number of amides is 2. The summed E-state index contributed by atoms with van der Waals surface area (Å²) in [5.74, 6) is 2.80. The smallest absolute Gasteiger partial charge is 0.320 e. The van der Waals surface area contributed by atoms with Crippen LogP contribution in [0.3, 0.4) is 0 Å². The molecule has 36 heavy (non-hydrogen) atoms. The molecule has 5 heterocycles. The van der Waals surface area contributed by atoms with Crippen LogP contribution in [0, 0.1) is 11.3 Å². The number of carbonyl (C=O) groups is 1. The minimum atomic E-state index is 0.0198. The molecule has 3 aliphatic carbocycles. The highest BCUT2D eigenvalue weighted by molar-refractivity contribution is 5.76. The molecular formula is C30H41N3O3. The molecule has 2 spiro atoms. The Balaban J connectivity index is 1.25. The molecule has 194 valence electrons. The third-order valence-corrected chi connectivity index (χ3v) is 11.5. The Kier molecular flexibility index (Phi) is 4.77. The van der Waals surface area contributed by atoms with Crippen molar-refractivity contribution in [2.75, 3.05) is 39.8 Å². The number of nitrogens with zero attached hydrogens (tertiary/aromatic N) is 3. The first-order valence-corrected chi connectivity index (χ1v) is 14.8. The SMILES string of the molecule is COc1ccc2c3c1O[C@H]1[C@H]4CC[C@@]5(CCN4C(=O)N4CCCCCC4)[C@H](C2)N(CC2CC2)CC[C@]315. The topological polar surface area (TPSA) is 45.3 Å². The summed E-state index contributed by atoms with van der Waals surface area (Å²) in [5, 5.41) is 0. The van der Waals surface area contributed by atoms with Crippen LogP contribution in [0.25, 0.3) is 0 Å². The van der Waals surface area contributed by atoms with Crippen LogP contribution < -0.4 is 9.47 Å². The molecule has 1 aromatic carbocycles. The van der Waals surface area contributed by atoms with Crippen molar-refractivity contribution >= 4 is 6.03 Å². The molecule has 0 N–H and O–H groups in total. The zero-order valence-corrected chi connectivity index (χ0v) is 21.8. The average Bonchev–Trinajstić information content (AvgIpc) is 3.71. The van der Waals surface area contributed by atoms with E-state index in [0.717, 1.165) is 75.6 Å². The highest BCUT2D eigenvalue weighted by Gasteiger charge is 2.74. The van der Waals surface area contributed by atoms with Crippen molar-refractivity contribution < 1.29 is 14.3 Å². The molecule has 0 aromatic heterocycles. The quantitative estimate of drug-likeness (QED) is 0.621. The van der Waals surface area contributed by atoms with Crippen LogP contribution in [0.15, 0.2) is 12.1 Å². The van der Waals surface area contributed by atoms with Gasteiger partial charge in [-0.25, -0.2) is 4.79 Å². The molecule has 4 saturated heterocycles. The summed E-state index contributed by atoms with van der Waals surface area (Å²) in [6, 6.07) is 5.49. The fourth-order valence-corrected chi connectivity index (χ4v) is 9.82. The average molecular weight is 492 g/mol. The third-order valence-electron chi connectivity index (χ3n) is 11.5. The van der Waals surface area contributed by atoms with Gasteiger partial charge in [0.2, 0.25) is 0 Å². The number of carbonyl (C=O) groups excluding carboxylic acids is 1. The molecule has 2 amide bonds. The van der Waals surface area contributed by atoms with E-state index in [0.29, 0.717) is 6.04 Å². The van der Waals surface area contributed by atoms with Crippen molar-refractivity contribution in [3.63, 3.8) is 0 Å². The predicted molar refractivity (Wildman–Crippen MR) is 138 cm³/mol. The zero-order chi connectivity index (χ0) is 24.1. The zero-order valence-electron chi connectivity index (χ0n) is 21.8. The van der Waals surface area contributed by atoms with E-state index >= 15 is 0 Å². The highest BCUT2D eigenvalue weighted by atomic mass is 16.5. The van der Waals surface area contributed by atoms with Crippen molar-refractivity contribution in [3.05, 3.63) is 23.3 Å². The normalized spacial score (nSPS) is 38.8. The molecule has 0 radical (unpaired) electrons. The number of hydrogen-bond donors (Lipinski definition) is 0. The molecule has 0 unspecified atom stereocenters. The second kappa shape index (κ2) is 7.78. The molecule has 4 bridgehead atoms. The Bertz CT molecular complexity index is 1080. The van der Waals surface area contributed by atoms with Crippen LogP contribution in [-0.2, 0) is 11.8 Å². The Morgan fingerprint density at radius 1 is 1.03 bits per heavy atom. The maximum Gasteiger partial charge on any atom is 0.320 e. The number of methoxy groups -OCH3 is 1. The molecule has 2 saturated carbocycles. The number of likely N-dealkylation sites (tertiary alicyclic amines) is 2. The molecule has 8 aliphatic rings. The van der Waals surface area contributed by atoms with E-state index in [1.165, 1.54) is 56.3 Å². The van der Waals surface area contributed by atoms with Gasteiger partial charge in [0, 0.05) is 48.6 Å². The first-order chi connectivity index (χ1) is 17.7. The molecular weight excluding hydrogens is 450 g/mol. The van der Waals surface area contributed by atoms with Gasteiger partial charge < -0.3 is 19.3 Å². The molecule has 6 fully saturated rings. The summed E-state index contributed by atoms with van der Waals surface area (Å²) in [7, 11) is 1.77. The summed E-state index contributed by atoms with van der Waals surface area (Å²) in [6.45, 7) is 5.17. The fraction of sp³-hybridized carbons (Fsp3) is 0.767. The second-order valence-electron chi connectivity index (χ2n) is 12.9. The summed E-state index contributed by atoms with van der Waals surface area (Å²) in [6.07, 6.45) is 13.4. The Hall–Kier alpha value is -1.95. The molecule has 1 aromatic rings. The molecule has 6 nitrogen and oxygen atoms in total. The van der Waals surface area contributed by atoms with Crippen molar-refractivity contribution in [3.8, 4) is 11.5 Å². The lowest BCUT2D eigenvalue weighted by Gasteiger charge is -2.66. The highest BCUT2D eigenvalue weighted by Crippen LogP contribution is 2.71. The van der Waals surface area contributed by atoms with Gasteiger partial charge in [-0.1, -0.05) is 18.9 Å². The first-order valence-electron chi connectivity index (χ1n) is 14.8. The van der Waals surface area contributed by atoms with Crippen molar-refractivity contribution in [1.29, 1.82) is 0 Å². The van der Waals surface area contributed by atoms with Gasteiger partial charge in [-0.05, 0) is 81.9 Å². The number of rotatable bonds is 3. The van der Waals surface area contributed by atoms with Crippen LogP contribution >= 0.6 is 0 Å². The largest absolute Gasteiger partial charge is 0.493 e. The summed E-state index contributed by atoms with van der Waals surface area (Å²) in [5.41, 5.74) is 3.18. The standard InChI is InChI=1S/C30H41N3O3/c1-35-23-9-8-21-18-24-29-11-10-22(33(17-12-29)28(34)31-14-4-2-3-5-15-31)27-30(29,25(21)26(23)36-27)13-16-32(24)19-20-6-7-20/h8-9,20,22,24,27H,2-7,10-19H2,1H3/t22-,24+,27+,29-,30+/m1/s1. The minimum Gasteiger partial charge on any atom is -0.493 e. The van der Waals surface area contributed by atoms with Gasteiger partial charge in [0.25, 0.3) is 0 Å². The van der Waals surface area contributed by atoms with Gasteiger partial charge in [-0.2, -0.15) is 0 Å². The Labute approximate surface area is 215 Å². The lowest BCUT2D eigenvalue weighted by molar-refractivity contribution is -0.129. The second-order valence-corrected chi connectivity index (χ2v) is 12.9. The maximum atomic E-state index is 14.1. The van der Waals surface area contributed by atoms with Crippen molar-refractivity contribution in [2.45, 2.75) is 94.2 Å². The van der Waals surface area contributed by atoms with Crippen LogP contribution in [0.1, 0.15) is 75.3 Å². The van der Waals surface area contributed by atoms with E-state index < -0.39 is 0 Å². The van der Waals surface area contributed by atoms with Crippen molar-refractivity contribution in [1.82, 2.24) is 14.7 Å². The van der Waals surface area contributed by atoms with E-state index in [2.05, 4.69) is 26.8 Å². The van der Waals surface area contributed by atoms with Crippen LogP contribution in [0.5, 0.6) is 11.5 Å². The molecule has 6 heteroatoms. The number of piperidine rings is 1. The van der Waals surface area contributed by atoms with Gasteiger partial charge in [-0.3, -0.25) is 4.90 Å². The van der Waals surface area contributed by atoms with E-state index in [1.807, 2.05) is 0 Å². The van der Waals surface area contributed by atoms with Crippen LogP contribution in [-0.4, -0.2) is 78.8 Å². The Morgan fingerprint density at radius 3 is 2.64 bits per heavy atom. The first kappa shape index (κ1) is 22.1. The molecule has 5 aliphatic heterocycles. The van der Waals surface area contributed by atoms with E-state index in [4.69, 9.17) is 9.47 Å². The predicted octanol–water partition coefficient (Wildman–Crippen LogP) is 4.58. The van der Waals surface area contributed by atoms with E-state index in [9.17, 15) is 4.79 Å². The third kappa shape index (κ3) is 2.75. The summed E-state index contributed by atoms with van der Waals surface area (Å²) >= 11 is 0. The maximum absolute atomic E-state index is 14.1. The number of fused-ring (bicyclic) bond motifs is 3. The lowest BCUT2D eigenvalue weighted by Crippen LogP contribution is -2.73. The minimum absolute atomic E-state index is 0.0198. The monoisotopic (exact) mass is 491 g/mol. The fourth-order valence-electron chi connectivity index (χ4n) is 9.82. The van der Waals surface area contributed by atoms with Gasteiger partial charge in [0.05, 0.1) is 13.2 Å². The summed E-state index contributed by atoms with van der Waals surface area (Å²) < 4.78 is 12.9. The van der Waals surface area contributed by atoms with Gasteiger partial charge in [0.1, 0.15) is 6.10 Å². The number of urea groups is 1. The number of hydrogen-bond acceptors (Lipinski definition) is 4. The molecule has 9 rings (SSSR count). The van der Waals surface area contributed by atoms with Crippen molar-refractivity contribution in [2.24, 2.45) is 11.3 Å². The number of benzene rings is 1. The van der Waals surface area contributed by atoms with Gasteiger partial charge >= 0.3 is 6.03 Å². The van der Waals surface area contributed by atoms with Gasteiger partial charge in [0.15, 0.2) is 11.5 Å².